The number of hydrogen-bond acceptors (Lipinski definition) is 3. The van der Waals surface area contributed by atoms with E-state index >= 15 is 0 Å². The minimum atomic E-state index is -3.68. The van der Waals surface area contributed by atoms with E-state index in [0.29, 0.717) is 23.4 Å². The third kappa shape index (κ3) is 3.87. The van der Waals surface area contributed by atoms with Gasteiger partial charge in [-0.25, -0.2) is 8.42 Å². The summed E-state index contributed by atoms with van der Waals surface area (Å²) in [5.74, 6) is -0.229. The van der Waals surface area contributed by atoms with Crippen LogP contribution in [-0.2, 0) is 16.4 Å². The van der Waals surface area contributed by atoms with E-state index in [1.54, 1.807) is 42.5 Å². The molecule has 1 aliphatic heterocycles. The van der Waals surface area contributed by atoms with E-state index in [-0.39, 0.29) is 16.8 Å². The summed E-state index contributed by atoms with van der Waals surface area (Å²) in [7, 11) is -3.68. The fraction of sp³-hybridized carbons (Fsp3) is 0.174. The van der Waals surface area contributed by atoms with Crippen LogP contribution in [-0.4, -0.2) is 20.4 Å². The van der Waals surface area contributed by atoms with Gasteiger partial charge in [0.1, 0.15) is 0 Å². The van der Waals surface area contributed by atoms with Gasteiger partial charge in [-0.15, -0.1) is 0 Å². The lowest BCUT2D eigenvalue weighted by Crippen LogP contribution is -2.35. The second-order valence-corrected chi connectivity index (χ2v) is 10.2. The smallest absolute Gasteiger partial charge is 0.264 e. The number of sulfonamides is 1. The van der Waals surface area contributed by atoms with Gasteiger partial charge >= 0.3 is 0 Å². The molecule has 0 bridgehead atoms. The summed E-state index contributed by atoms with van der Waals surface area (Å²) in [6.45, 7) is 3.80. The number of aryl methyl sites for hydroxylation is 1. The first-order valence-corrected chi connectivity index (χ1v) is 11.8. The fourth-order valence-electron chi connectivity index (χ4n) is 3.67. The molecule has 7 heteroatoms. The first-order chi connectivity index (χ1) is 14.3. The zero-order chi connectivity index (χ0) is 21.5. The molecule has 154 valence electrons. The number of amides is 1. The van der Waals surface area contributed by atoms with Crippen LogP contribution in [0.25, 0.3) is 0 Å². The molecule has 1 atom stereocenters. The van der Waals surface area contributed by atoms with E-state index < -0.39 is 10.0 Å². The van der Waals surface area contributed by atoms with Crippen molar-refractivity contribution in [3.63, 3.8) is 0 Å². The summed E-state index contributed by atoms with van der Waals surface area (Å²) in [5, 5.41) is 2.87. The third-order valence-corrected chi connectivity index (χ3v) is 7.65. The van der Waals surface area contributed by atoms with Crippen molar-refractivity contribution in [2.24, 2.45) is 0 Å². The maximum absolute atomic E-state index is 13.2. The summed E-state index contributed by atoms with van der Waals surface area (Å²) in [4.78, 5) is 12.9. The molecule has 0 saturated carbocycles. The first-order valence-electron chi connectivity index (χ1n) is 9.56. The van der Waals surface area contributed by atoms with Crippen molar-refractivity contribution in [1.29, 1.82) is 0 Å². The number of carbonyl (C=O) groups is 1. The molecule has 5 nitrogen and oxygen atoms in total. The monoisotopic (exact) mass is 484 g/mol. The molecule has 3 aromatic carbocycles. The van der Waals surface area contributed by atoms with E-state index in [0.717, 1.165) is 15.6 Å². The van der Waals surface area contributed by atoms with Gasteiger partial charge in [-0.1, -0.05) is 33.6 Å². The van der Waals surface area contributed by atoms with Gasteiger partial charge < -0.3 is 5.32 Å². The van der Waals surface area contributed by atoms with Crippen molar-refractivity contribution in [3.8, 4) is 0 Å². The van der Waals surface area contributed by atoms with E-state index in [4.69, 9.17) is 0 Å². The van der Waals surface area contributed by atoms with Crippen molar-refractivity contribution in [2.75, 3.05) is 9.62 Å². The van der Waals surface area contributed by atoms with Gasteiger partial charge in [0.2, 0.25) is 0 Å². The lowest BCUT2D eigenvalue weighted by Gasteiger charge is -2.24. The van der Waals surface area contributed by atoms with Crippen LogP contribution in [0.15, 0.2) is 76.1 Å². The predicted octanol–water partition coefficient (Wildman–Crippen LogP) is 5.15. The number of nitrogens with zero attached hydrogens (tertiary/aromatic N) is 1. The minimum Gasteiger partial charge on any atom is -0.322 e. The number of benzene rings is 3. The largest absolute Gasteiger partial charge is 0.322 e. The standard InChI is InChI=1S/C23H21BrN2O3S/c1-15-3-10-21(11-4-15)30(28,29)26-16(2)13-18-14-17(5-12-22(18)26)23(27)25-20-8-6-19(24)7-9-20/h3-12,14,16H,13H2,1-2H3,(H,25,27)/t16-/m0/s1. The van der Waals surface area contributed by atoms with Crippen molar-refractivity contribution < 1.29 is 13.2 Å². The Morgan fingerprint density at radius 3 is 2.37 bits per heavy atom. The summed E-state index contributed by atoms with van der Waals surface area (Å²) >= 11 is 3.37. The van der Waals surface area contributed by atoms with Crippen LogP contribution in [0, 0.1) is 6.92 Å². The molecule has 4 rings (SSSR count). The molecule has 0 spiro atoms. The molecule has 1 aliphatic rings. The van der Waals surface area contributed by atoms with Crippen LogP contribution in [0.1, 0.15) is 28.4 Å². The minimum absolute atomic E-state index is 0.226. The Bertz CT molecular complexity index is 1210. The molecule has 0 saturated heterocycles. The van der Waals surface area contributed by atoms with Crippen LogP contribution < -0.4 is 9.62 Å². The predicted molar refractivity (Wildman–Crippen MR) is 123 cm³/mol. The summed E-state index contributed by atoms with van der Waals surface area (Å²) in [6.07, 6.45) is 0.555. The van der Waals surface area contributed by atoms with Crippen molar-refractivity contribution in [3.05, 3.63) is 87.9 Å². The van der Waals surface area contributed by atoms with Gasteiger partial charge in [-0.3, -0.25) is 9.10 Å². The molecule has 0 aliphatic carbocycles. The van der Waals surface area contributed by atoms with Gasteiger partial charge in [0.05, 0.1) is 10.6 Å². The van der Waals surface area contributed by atoms with E-state index in [1.165, 1.54) is 4.31 Å². The molecule has 0 fully saturated rings. The highest BCUT2D eigenvalue weighted by atomic mass is 79.9. The highest BCUT2D eigenvalue weighted by Crippen LogP contribution is 2.37. The molecule has 1 amide bonds. The average Bonchev–Trinajstić information content (AvgIpc) is 3.05. The highest BCUT2D eigenvalue weighted by molar-refractivity contribution is 9.10. The Morgan fingerprint density at radius 2 is 1.70 bits per heavy atom. The number of halogens is 1. The summed E-state index contributed by atoms with van der Waals surface area (Å²) in [6, 6.07) is 19.1. The number of anilines is 2. The van der Waals surface area contributed by atoms with Gasteiger partial charge in [-0.05, 0) is 80.4 Å². The normalized spacial score (nSPS) is 15.7. The number of nitrogens with one attached hydrogen (secondary N) is 1. The molecule has 30 heavy (non-hydrogen) atoms. The van der Waals surface area contributed by atoms with E-state index in [2.05, 4.69) is 21.2 Å². The van der Waals surface area contributed by atoms with Gasteiger partial charge in [0.25, 0.3) is 15.9 Å². The second-order valence-electron chi connectivity index (χ2n) is 7.47. The Morgan fingerprint density at radius 1 is 1.03 bits per heavy atom. The summed E-state index contributed by atoms with van der Waals surface area (Å²) in [5.41, 5.74) is 3.68. The molecule has 3 aromatic rings. The van der Waals surface area contributed by atoms with Crippen molar-refractivity contribution in [2.45, 2.75) is 31.2 Å². The van der Waals surface area contributed by atoms with Gasteiger partial charge in [-0.2, -0.15) is 0 Å². The van der Waals surface area contributed by atoms with E-state index in [1.807, 2.05) is 38.1 Å². The van der Waals surface area contributed by atoms with Crippen LogP contribution >= 0.6 is 15.9 Å². The molecule has 0 unspecified atom stereocenters. The number of carbonyl (C=O) groups excluding carboxylic acids is 1. The van der Waals surface area contributed by atoms with Gasteiger partial charge in [0.15, 0.2) is 0 Å². The molecular formula is C23H21BrN2O3S. The van der Waals surface area contributed by atoms with Crippen LogP contribution in [0.2, 0.25) is 0 Å². The number of hydrogen-bond donors (Lipinski definition) is 1. The van der Waals surface area contributed by atoms with E-state index in [9.17, 15) is 13.2 Å². The lowest BCUT2D eigenvalue weighted by atomic mass is 10.1. The molecule has 1 N–H and O–H groups in total. The zero-order valence-corrected chi connectivity index (χ0v) is 19.0. The Balaban J connectivity index is 1.62. The average molecular weight is 485 g/mol. The molecule has 0 aromatic heterocycles. The Labute approximate surface area is 184 Å². The molecular weight excluding hydrogens is 464 g/mol. The number of rotatable bonds is 4. The van der Waals surface area contributed by atoms with Crippen molar-refractivity contribution in [1.82, 2.24) is 0 Å². The number of fused-ring (bicyclic) bond motifs is 1. The van der Waals surface area contributed by atoms with Crippen LogP contribution in [0.5, 0.6) is 0 Å². The molecule has 0 radical (unpaired) electrons. The van der Waals surface area contributed by atoms with Crippen LogP contribution in [0.4, 0.5) is 11.4 Å². The lowest BCUT2D eigenvalue weighted by molar-refractivity contribution is 0.102. The zero-order valence-electron chi connectivity index (χ0n) is 16.6. The Hall–Kier alpha value is -2.64. The SMILES string of the molecule is Cc1ccc(S(=O)(=O)N2c3ccc(C(=O)Nc4ccc(Br)cc4)cc3C[C@@H]2C)cc1. The summed E-state index contributed by atoms with van der Waals surface area (Å²) < 4.78 is 28.9. The van der Waals surface area contributed by atoms with Crippen molar-refractivity contribution >= 4 is 43.2 Å². The quantitative estimate of drug-likeness (QED) is 0.556. The van der Waals surface area contributed by atoms with Gasteiger partial charge in [0, 0.05) is 21.8 Å². The maximum atomic E-state index is 13.2. The molecule has 1 heterocycles. The third-order valence-electron chi connectivity index (χ3n) is 5.17. The Kier molecular flexibility index (Phi) is 5.42. The first kappa shape index (κ1) is 20.6. The topological polar surface area (TPSA) is 66.5 Å². The fourth-order valence-corrected chi connectivity index (χ4v) is 5.63. The van der Waals surface area contributed by atoms with Crippen LogP contribution in [0.3, 0.4) is 0 Å². The maximum Gasteiger partial charge on any atom is 0.264 e. The highest BCUT2D eigenvalue weighted by Gasteiger charge is 2.36. The second kappa shape index (κ2) is 7.89.